The second kappa shape index (κ2) is 7.36. The van der Waals surface area contributed by atoms with Gasteiger partial charge < -0.3 is 5.32 Å². The highest BCUT2D eigenvalue weighted by Gasteiger charge is 2.10. The molecule has 0 spiro atoms. The predicted molar refractivity (Wildman–Crippen MR) is 85.2 cm³/mol. The lowest BCUT2D eigenvalue weighted by atomic mass is 10.1. The summed E-state index contributed by atoms with van der Waals surface area (Å²) in [4.78, 5) is 12.9. The Morgan fingerprint density at radius 3 is 2.50 bits per heavy atom. The quantitative estimate of drug-likeness (QED) is 0.834. The van der Waals surface area contributed by atoms with E-state index in [4.69, 9.17) is 11.6 Å². The van der Waals surface area contributed by atoms with Crippen molar-refractivity contribution in [2.45, 2.75) is 17.9 Å². The maximum atomic E-state index is 11.9. The van der Waals surface area contributed by atoms with E-state index in [1.165, 1.54) is 11.8 Å². The lowest BCUT2D eigenvalue weighted by Crippen LogP contribution is -2.28. The molecule has 0 saturated carbocycles. The summed E-state index contributed by atoms with van der Waals surface area (Å²) in [6.07, 6.45) is 0. The summed E-state index contributed by atoms with van der Waals surface area (Å²) in [7, 11) is 0. The van der Waals surface area contributed by atoms with E-state index in [9.17, 15) is 4.79 Å². The van der Waals surface area contributed by atoms with Gasteiger partial charge in [-0.2, -0.15) is 0 Å². The van der Waals surface area contributed by atoms with E-state index in [-0.39, 0.29) is 11.9 Å². The van der Waals surface area contributed by atoms with Crippen LogP contribution in [-0.4, -0.2) is 11.7 Å². The van der Waals surface area contributed by atoms with Crippen LogP contribution in [-0.2, 0) is 4.79 Å². The van der Waals surface area contributed by atoms with Crippen molar-refractivity contribution in [3.05, 3.63) is 65.2 Å². The molecule has 0 radical (unpaired) electrons. The van der Waals surface area contributed by atoms with E-state index >= 15 is 0 Å². The van der Waals surface area contributed by atoms with Crippen molar-refractivity contribution in [3.63, 3.8) is 0 Å². The fourth-order valence-electron chi connectivity index (χ4n) is 1.81. The molecule has 0 aromatic heterocycles. The average Bonchev–Trinajstić information content (AvgIpc) is 2.47. The van der Waals surface area contributed by atoms with Gasteiger partial charge >= 0.3 is 0 Å². The molecule has 20 heavy (non-hydrogen) atoms. The van der Waals surface area contributed by atoms with Gasteiger partial charge in [0.1, 0.15) is 0 Å². The topological polar surface area (TPSA) is 29.1 Å². The number of hydrogen-bond donors (Lipinski definition) is 1. The predicted octanol–water partition coefficient (Wildman–Crippen LogP) is 4.31. The van der Waals surface area contributed by atoms with E-state index in [0.29, 0.717) is 10.8 Å². The average molecular weight is 306 g/mol. The Hall–Kier alpha value is -1.45. The van der Waals surface area contributed by atoms with Crippen LogP contribution in [0, 0.1) is 0 Å². The van der Waals surface area contributed by atoms with Crippen molar-refractivity contribution in [2.24, 2.45) is 0 Å². The lowest BCUT2D eigenvalue weighted by molar-refractivity contribution is -0.119. The van der Waals surface area contributed by atoms with Gasteiger partial charge in [0.2, 0.25) is 5.91 Å². The van der Waals surface area contributed by atoms with Crippen LogP contribution in [0.1, 0.15) is 18.5 Å². The zero-order chi connectivity index (χ0) is 14.4. The van der Waals surface area contributed by atoms with Gasteiger partial charge in [-0.3, -0.25) is 4.79 Å². The number of thioether (sulfide) groups is 1. The number of halogens is 1. The third kappa shape index (κ3) is 4.29. The number of benzene rings is 2. The van der Waals surface area contributed by atoms with Crippen LogP contribution >= 0.6 is 23.4 Å². The summed E-state index contributed by atoms with van der Waals surface area (Å²) in [6, 6.07) is 17.5. The third-order valence-electron chi connectivity index (χ3n) is 2.87. The van der Waals surface area contributed by atoms with Crippen LogP contribution in [0.5, 0.6) is 0 Å². The van der Waals surface area contributed by atoms with Crippen LogP contribution in [0.25, 0.3) is 0 Å². The second-order valence-electron chi connectivity index (χ2n) is 4.42. The van der Waals surface area contributed by atoms with Gasteiger partial charge in [0.15, 0.2) is 0 Å². The molecule has 0 bridgehead atoms. The molecule has 1 amide bonds. The fourth-order valence-corrected chi connectivity index (χ4v) is 2.86. The Kier molecular flexibility index (Phi) is 5.50. The molecule has 0 aliphatic rings. The Morgan fingerprint density at radius 1 is 1.15 bits per heavy atom. The second-order valence-corrected chi connectivity index (χ2v) is 5.84. The van der Waals surface area contributed by atoms with Gasteiger partial charge in [-0.25, -0.2) is 0 Å². The van der Waals surface area contributed by atoms with E-state index in [2.05, 4.69) is 5.32 Å². The first-order chi connectivity index (χ1) is 9.66. The zero-order valence-corrected chi connectivity index (χ0v) is 12.7. The van der Waals surface area contributed by atoms with Crippen LogP contribution in [0.4, 0.5) is 0 Å². The first kappa shape index (κ1) is 14.9. The number of nitrogens with one attached hydrogen (secondary N) is 1. The van der Waals surface area contributed by atoms with E-state index < -0.39 is 0 Å². The smallest absolute Gasteiger partial charge is 0.230 e. The number of amides is 1. The summed E-state index contributed by atoms with van der Waals surface area (Å²) < 4.78 is 0. The van der Waals surface area contributed by atoms with Crippen molar-refractivity contribution in [1.82, 2.24) is 5.32 Å². The molecule has 4 heteroatoms. The molecular weight excluding hydrogens is 290 g/mol. The SMILES string of the molecule is C[C@@H](NC(=O)CSc1ccccc1Cl)c1ccccc1. The zero-order valence-electron chi connectivity index (χ0n) is 11.2. The third-order valence-corrected chi connectivity index (χ3v) is 4.39. The minimum Gasteiger partial charge on any atom is -0.349 e. The Labute approximate surface area is 128 Å². The largest absolute Gasteiger partial charge is 0.349 e. The molecule has 2 nitrogen and oxygen atoms in total. The Balaban J connectivity index is 1.86. The van der Waals surface area contributed by atoms with Gasteiger partial charge in [-0.15, -0.1) is 11.8 Å². The van der Waals surface area contributed by atoms with Crippen molar-refractivity contribution in [3.8, 4) is 0 Å². The molecule has 0 heterocycles. The van der Waals surface area contributed by atoms with Gasteiger partial charge in [-0.05, 0) is 24.6 Å². The summed E-state index contributed by atoms with van der Waals surface area (Å²) >= 11 is 7.51. The Bertz CT molecular complexity index is 574. The number of rotatable bonds is 5. The van der Waals surface area contributed by atoms with E-state index in [0.717, 1.165) is 10.5 Å². The van der Waals surface area contributed by atoms with Gasteiger partial charge in [0, 0.05) is 4.90 Å². The van der Waals surface area contributed by atoms with Crippen LogP contribution in [0.2, 0.25) is 5.02 Å². The molecule has 1 atom stereocenters. The number of carbonyl (C=O) groups is 1. The molecule has 2 aromatic carbocycles. The molecule has 0 unspecified atom stereocenters. The molecule has 1 N–H and O–H groups in total. The summed E-state index contributed by atoms with van der Waals surface area (Å²) in [6.45, 7) is 1.98. The van der Waals surface area contributed by atoms with Crippen LogP contribution < -0.4 is 5.32 Å². The molecule has 0 saturated heterocycles. The lowest BCUT2D eigenvalue weighted by Gasteiger charge is -2.14. The first-order valence-corrected chi connectivity index (χ1v) is 7.75. The molecule has 0 fully saturated rings. The number of hydrogen-bond acceptors (Lipinski definition) is 2. The minimum absolute atomic E-state index is 0.00581. The molecule has 104 valence electrons. The fraction of sp³-hybridized carbons (Fsp3) is 0.188. The number of carbonyl (C=O) groups excluding carboxylic acids is 1. The standard InChI is InChI=1S/C16H16ClNOS/c1-12(13-7-3-2-4-8-13)18-16(19)11-20-15-10-6-5-9-14(15)17/h2-10,12H,11H2,1H3,(H,18,19)/t12-/m1/s1. The normalized spacial score (nSPS) is 11.9. The maximum absolute atomic E-state index is 11.9. The molecule has 0 aliphatic carbocycles. The van der Waals surface area contributed by atoms with Crippen molar-refractivity contribution in [1.29, 1.82) is 0 Å². The van der Waals surface area contributed by atoms with Crippen molar-refractivity contribution in [2.75, 3.05) is 5.75 Å². The highest BCUT2D eigenvalue weighted by atomic mass is 35.5. The summed E-state index contributed by atoms with van der Waals surface area (Å²) in [5, 5.41) is 3.66. The summed E-state index contributed by atoms with van der Waals surface area (Å²) in [5.74, 6) is 0.368. The Morgan fingerprint density at radius 2 is 1.80 bits per heavy atom. The van der Waals surface area contributed by atoms with E-state index in [1.807, 2.05) is 61.5 Å². The van der Waals surface area contributed by atoms with Crippen LogP contribution in [0.15, 0.2) is 59.5 Å². The van der Waals surface area contributed by atoms with Gasteiger partial charge in [0.05, 0.1) is 16.8 Å². The summed E-state index contributed by atoms with van der Waals surface area (Å²) in [5.41, 5.74) is 1.10. The van der Waals surface area contributed by atoms with Gasteiger partial charge in [0.25, 0.3) is 0 Å². The molecular formula is C16H16ClNOS. The van der Waals surface area contributed by atoms with Crippen LogP contribution in [0.3, 0.4) is 0 Å². The highest BCUT2D eigenvalue weighted by molar-refractivity contribution is 8.00. The van der Waals surface area contributed by atoms with Gasteiger partial charge in [-0.1, -0.05) is 54.1 Å². The molecule has 0 aliphatic heterocycles. The first-order valence-electron chi connectivity index (χ1n) is 6.38. The monoisotopic (exact) mass is 305 g/mol. The van der Waals surface area contributed by atoms with Crippen molar-refractivity contribution >= 4 is 29.3 Å². The molecule has 2 rings (SSSR count). The maximum Gasteiger partial charge on any atom is 0.230 e. The van der Waals surface area contributed by atoms with Crippen molar-refractivity contribution < 1.29 is 4.79 Å². The highest BCUT2D eigenvalue weighted by Crippen LogP contribution is 2.26. The van der Waals surface area contributed by atoms with E-state index in [1.54, 1.807) is 0 Å². The molecule has 2 aromatic rings. The minimum atomic E-state index is 0.00581.